The van der Waals surface area contributed by atoms with Crippen molar-refractivity contribution in [1.29, 1.82) is 0 Å². The second-order valence-electron chi connectivity index (χ2n) is 7.52. The van der Waals surface area contributed by atoms with Crippen molar-refractivity contribution in [2.45, 2.75) is 38.5 Å². The van der Waals surface area contributed by atoms with Gasteiger partial charge in [0.2, 0.25) is 5.91 Å². The molecule has 3 aromatic rings. The van der Waals surface area contributed by atoms with E-state index in [1.807, 2.05) is 35.7 Å². The van der Waals surface area contributed by atoms with Gasteiger partial charge in [-0.3, -0.25) is 14.5 Å². The number of aromatic nitrogens is 3. The third-order valence-electron chi connectivity index (χ3n) is 5.36. The summed E-state index contributed by atoms with van der Waals surface area (Å²) in [5.41, 5.74) is 0.904. The molecule has 32 heavy (non-hydrogen) atoms. The van der Waals surface area contributed by atoms with Crippen molar-refractivity contribution < 1.29 is 19.0 Å². The molecule has 10 heteroatoms. The van der Waals surface area contributed by atoms with Crippen molar-refractivity contribution in [2.24, 2.45) is 0 Å². The summed E-state index contributed by atoms with van der Waals surface area (Å²) in [5, 5.41) is 12.0. The van der Waals surface area contributed by atoms with Crippen LogP contribution in [0.2, 0.25) is 0 Å². The lowest BCUT2D eigenvalue weighted by atomic mass is 10.2. The fourth-order valence-corrected chi connectivity index (χ4v) is 4.60. The van der Waals surface area contributed by atoms with Crippen molar-refractivity contribution in [1.82, 2.24) is 20.1 Å². The van der Waals surface area contributed by atoms with Crippen LogP contribution in [0.4, 0.5) is 0 Å². The van der Waals surface area contributed by atoms with E-state index in [9.17, 15) is 4.79 Å². The number of hydrogen-bond donors (Lipinski definition) is 2. The molecule has 2 aromatic heterocycles. The first kappa shape index (κ1) is 22.5. The van der Waals surface area contributed by atoms with Gasteiger partial charge in [-0.05, 0) is 61.1 Å². The maximum Gasteiger partial charge on any atom is 0.243 e. The summed E-state index contributed by atoms with van der Waals surface area (Å²) < 4.78 is 19.1. The fourth-order valence-electron chi connectivity index (χ4n) is 3.60. The van der Waals surface area contributed by atoms with Gasteiger partial charge >= 0.3 is 0 Å². The zero-order valence-electron chi connectivity index (χ0n) is 18.0. The zero-order valence-corrected chi connectivity index (χ0v) is 19.6. The standard InChI is InChI=1S/C22H26N4O4S2/c1-14(26-20(24-25-22(26)31)19-6-4-10-32-19)21(27)23-12-15-7-8-17(18(11-15)28-2)30-13-16-5-3-9-29-16/h4,6-8,10-11,14,16H,3,5,9,12-13H2,1-2H3,(H,23,27)(H,25,31). The van der Waals surface area contributed by atoms with Crippen LogP contribution in [0.25, 0.3) is 10.7 Å². The van der Waals surface area contributed by atoms with Crippen LogP contribution >= 0.6 is 23.6 Å². The van der Waals surface area contributed by atoms with Gasteiger partial charge in [0.1, 0.15) is 12.6 Å². The lowest BCUT2D eigenvalue weighted by molar-refractivity contribution is -0.124. The van der Waals surface area contributed by atoms with E-state index >= 15 is 0 Å². The van der Waals surface area contributed by atoms with Gasteiger partial charge in [0.15, 0.2) is 22.1 Å². The molecule has 1 aliphatic rings. The SMILES string of the molecule is COc1cc(CNC(=O)C(C)n2c(-c3cccs3)n[nH]c2=S)ccc1OCC1CCCO1. The van der Waals surface area contributed by atoms with Crippen molar-refractivity contribution in [3.63, 3.8) is 0 Å². The van der Waals surface area contributed by atoms with Crippen LogP contribution in [0.5, 0.6) is 11.5 Å². The number of nitrogens with zero attached hydrogens (tertiary/aromatic N) is 2. The molecule has 3 heterocycles. The Bertz CT molecular complexity index is 1100. The van der Waals surface area contributed by atoms with Crippen molar-refractivity contribution in [3.8, 4) is 22.2 Å². The molecule has 0 bridgehead atoms. The molecular formula is C22H26N4O4S2. The Morgan fingerprint density at radius 2 is 2.31 bits per heavy atom. The second-order valence-corrected chi connectivity index (χ2v) is 8.86. The maximum absolute atomic E-state index is 12.9. The van der Waals surface area contributed by atoms with Crippen LogP contribution in [-0.2, 0) is 16.1 Å². The van der Waals surface area contributed by atoms with Gasteiger partial charge in [-0.2, -0.15) is 5.10 Å². The Morgan fingerprint density at radius 3 is 3.03 bits per heavy atom. The van der Waals surface area contributed by atoms with Crippen LogP contribution in [0, 0.1) is 4.77 Å². The Labute approximate surface area is 195 Å². The molecule has 1 aromatic carbocycles. The summed E-state index contributed by atoms with van der Waals surface area (Å²) >= 11 is 6.91. The molecule has 0 radical (unpaired) electrons. The number of rotatable bonds is 9. The molecule has 4 rings (SSSR count). The summed E-state index contributed by atoms with van der Waals surface area (Å²) in [4.78, 5) is 13.8. The molecule has 2 atom stereocenters. The number of methoxy groups -OCH3 is 1. The molecule has 1 fully saturated rings. The number of carbonyl (C=O) groups is 1. The second kappa shape index (κ2) is 10.3. The van der Waals surface area contributed by atoms with Crippen LogP contribution in [-0.4, -0.2) is 47.1 Å². The minimum atomic E-state index is -0.519. The normalized spacial score (nSPS) is 16.6. The van der Waals surface area contributed by atoms with E-state index in [4.69, 9.17) is 26.4 Å². The van der Waals surface area contributed by atoms with Crippen LogP contribution < -0.4 is 14.8 Å². The zero-order chi connectivity index (χ0) is 22.5. The highest BCUT2D eigenvalue weighted by Crippen LogP contribution is 2.29. The Kier molecular flexibility index (Phi) is 7.23. The topological polar surface area (TPSA) is 90.4 Å². The molecule has 1 aliphatic heterocycles. The first-order valence-electron chi connectivity index (χ1n) is 10.5. The number of amides is 1. The third-order valence-corrected chi connectivity index (χ3v) is 6.51. The highest BCUT2D eigenvalue weighted by atomic mass is 32.1. The molecule has 2 N–H and O–H groups in total. The van der Waals surface area contributed by atoms with Crippen LogP contribution in [0.15, 0.2) is 35.7 Å². The molecule has 0 spiro atoms. The average molecular weight is 475 g/mol. The number of carbonyl (C=O) groups excluding carboxylic acids is 1. The first-order chi connectivity index (χ1) is 15.6. The summed E-state index contributed by atoms with van der Waals surface area (Å²) in [6.45, 7) is 3.45. The van der Waals surface area contributed by atoms with E-state index in [0.717, 1.165) is 29.9 Å². The predicted molar refractivity (Wildman–Crippen MR) is 125 cm³/mol. The van der Waals surface area contributed by atoms with Gasteiger partial charge in [0.05, 0.1) is 18.1 Å². The molecule has 2 unspecified atom stereocenters. The van der Waals surface area contributed by atoms with Crippen molar-refractivity contribution in [3.05, 3.63) is 46.0 Å². The van der Waals surface area contributed by atoms with Crippen LogP contribution in [0.3, 0.4) is 0 Å². The van der Waals surface area contributed by atoms with E-state index in [2.05, 4.69) is 15.5 Å². The smallest absolute Gasteiger partial charge is 0.243 e. The highest BCUT2D eigenvalue weighted by molar-refractivity contribution is 7.71. The summed E-state index contributed by atoms with van der Waals surface area (Å²) in [5.74, 6) is 1.79. The number of thiophene rings is 1. The number of aromatic amines is 1. The highest BCUT2D eigenvalue weighted by Gasteiger charge is 2.21. The maximum atomic E-state index is 12.9. The molecule has 0 saturated carbocycles. The minimum absolute atomic E-state index is 0.133. The monoisotopic (exact) mass is 474 g/mol. The van der Waals surface area contributed by atoms with E-state index in [1.54, 1.807) is 29.9 Å². The average Bonchev–Trinajstić information content (AvgIpc) is 3.57. The van der Waals surface area contributed by atoms with Crippen molar-refractivity contribution in [2.75, 3.05) is 20.3 Å². The minimum Gasteiger partial charge on any atom is -0.493 e. The lowest BCUT2D eigenvalue weighted by Crippen LogP contribution is -2.31. The van der Waals surface area contributed by atoms with Gasteiger partial charge < -0.3 is 19.5 Å². The Hall–Kier alpha value is -2.69. The molecular weight excluding hydrogens is 448 g/mol. The number of benzene rings is 1. The number of ether oxygens (including phenoxy) is 3. The molecule has 1 amide bonds. The van der Waals surface area contributed by atoms with Gasteiger partial charge in [0.25, 0.3) is 0 Å². The summed E-state index contributed by atoms with van der Waals surface area (Å²) in [6, 6.07) is 9.02. The quantitative estimate of drug-likeness (QED) is 0.454. The molecule has 1 saturated heterocycles. The van der Waals surface area contributed by atoms with E-state index in [-0.39, 0.29) is 12.0 Å². The third kappa shape index (κ3) is 5.03. The van der Waals surface area contributed by atoms with E-state index in [1.165, 1.54) is 0 Å². The fraction of sp³-hybridized carbons (Fsp3) is 0.409. The largest absolute Gasteiger partial charge is 0.493 e. The van der Waals surface area contributed by atoms with E-state index < -0.39 is 6.04 Å². The first-order valence-corrected chi connectivity index (χ1v) is 11.8. The summed E-state index contributed by atoms with van der Waals surface area (Å²) in [7, 11) is 1.60. The number of H-pyrrole nitrogens is 1. The van der Waals surface area contributed by atoms with Gasteiger partial charge in [0, 0.05) is 13.2 Å². The van der Waals surface area contributed by atoms with Gasteiger partial charge in [-0.1, -0.05) is 12.1 Å². The van der Waals surface area contributed by atoms with E-state index in [0.29, 0.717) is 35.2 Å². The Balaban J connectivity index is 1.39. The number of hydrogen-bond acceptors (Lipinski definition) is 7. The van der Waals surface area contributed by atoms with Crippen LogP contribution in [0.1, 0.15) is 31.4 Å². The Morgan fingerprint density at radius 1 is 1.44 bits per heavy atom. The molecule has 8 nitrogen and oxygen atoms in total. The van der Waals surface area contributed by atoms with Gasteiger partial charge in [-0.15, -0.1) is 11.3 Å². The number of nitrogens with one attached hydrogen (secondary N) is 2. The summed E-state index contributed by atoms with van der Waals surface area (Å²) in [6.07, 6.45) is 2.22. The molecule has 0 aliphatic carbocycles. The van der Waals surface area contributed by atoms with Gasteiger partial charge in [-0.25, -0.2) is 0 Å². The lowest BCUT2D eigenvalue weighted by Gasteiger charge is -2.17. The molecule has 170 valence electrons. The van der Waals surface area contributed by atoms with Crippen molar-refractivity contribution >= 4 is 29.5 Å². The predicted octanol–water partition coefficient (Wildman–Crippen LogP) is 4.11.